The maximum absolute atomic E-state index is 14.4. The van der Waals surface area contributed by atoms with Crippen molar-refractivity contribution >= 4 is 70.8 Å². The molecule has 2 saturated heterocycles. The number of ether oxygens (including phenoxy) is 7. The van der Waals surface area contributed by atoms with Gasteiger partial charge in [-0.1, -0.05) is 0 Å². The Balaban J connectivity index is 1.27. The first-order valence-electron chi connectivity index (χ1n) is 22.8. The van der Waals surface area contributed by atoms with Gasteiger partial charge in [0.15, 0.2) is 36.0 Å². The fourth-order valence-corrected chi connectivity index (χ4v) is 8.37. The predicted octanol–water partition coefficient (Wildman–Crippen LogP) is 3.14. The summed E-state index contributed by atoms with van der Waals surface area (Å²) in [6, 6.07) is 5.95. The number of benzene rings is 1. The average Bonchev–Trinajstić information content (AvgIpc) is 4.02. The van der Waals surface area contributed by atoms with Gasteiger partial charge in [0.1, 0.15) is 24.1 Å². The van der Waals surface area contributed by atoms with Gasteiger partial charge in [0.2, 0.25) is 5.91 Å². The first-order valence-corrected chi connectivity index (χ1v) is 22.8. The van der Waals surface area contributed by atoms with Gasteiger partial charge in [-0.2, -0.15) is 0 Å². The summed E-state index contributed by atoms with van der Waals surface area (Å²) >= 11 is 0. The second-order valence-electron chi connectivity index (χ2n) is 17.2. The van der Waals surface area contributed by atoms with Crippen molar-refractivity contribution in [3.8, 4) is 11.5 Å². The van der Waals surface area contributed by atoms with E-state index < -0.39 is 72.9 Å². The summed E-state index contributed by atoms with van der Waals surface area (Å²) in [5.41, 5.74) is 1.20. The summed E-state index contributed by atoms with van der Waals surface area (Å²) in [6.07, 6.45) is -0.403. The van der Waals surface area contributed by atoms with Gasteiger partial charge >= 0.3 is 23.9 Å². The summed E-state index contributed by atoms with van der Waals surface area (Å²) in [4.78, 5) is 112. The summed E-state index contributed by atoms with van der Waals surface area (Å²) < 4.78 is 42.8. The molecule has 0 radical (unpaired) electrons. The van der Waals surface area contributed by atoms with E-state index in [2.05, 4.69) is 20.9 Å². The van der Waals surface area contributed by atoms with Gasteiger partial charge in [-0.05, 0) is 64.5 Å². The highest BCUT2D eigenvalue weighted by Crippen LogP contribution is 2.39. The van der Waals surface area contributed by atoms with E-state index >= 15 is 0 Å². The number of amides is 4. The fraction of sp³-hybridized carbons (Fsp3) is 0.511. The number of nitrogens with zero attached hydrogens (tertiary/aromatic N) is 5. The molecule has 378 valence electrons. The van der Waals surface area contributed by atoms with Gasteiger partial charge in [0, 0.05) is 78.9 Å². The van der Waals surface area contributed by atoms with Crippen LogP contribution < -0.4 is 25.4 Å². The Morgan fingerprint density at radius 3 is 2.19 bits per heavy atom. The number of hydrogen-bond acceptors (Lipinski definition) is 17. The van der Waals surface area contributed by atoms with Crippen LogP contribution in [0.25, 0.3) is 0 Å². The normalized spacial score (nSPS) is 20.4. The molecule has 23 heteroatoms. The molecule has 5 heterocycles. The fourth-order valence-electron chi connectivity index (χ4n) is 8.37. The van der Waals surface area contributed by atoms with E-state index in [0.29, 0.717) is 42.3 Å². The second kappa shape index (κ2) is 23.4. The van der Waals surface area contributed by atoms with Crippen LogP contribution in [-0.4, -0.2) is 157 Å². The van der Waals surface area contributed by atoms with Crippen molar-refractivity contribution in [2.24, 2.45) is 12.0 Å². The van der Waals surface area contributed by atoms with E-state index in [0.717, 1.165) is 47.1 Å². The van der Waals surface area contributed by atoms with Crippen LogP contribution in [0.1, 0.15) is 97.4 Å². The molecule has 1 aromatic carbocycles. The Hall–Kier alpha value is -7.27. The average molecular weight is 977 g/mol. The minimum absolute atomic E-state index is 0.0571. The molecule has 0 saturated carbocycles. The lowest BCUT2D eigenvalue weighted by Crippen LogP contribution is -2.60. The van der Waals surface area contributed by atoms with Crippen LogP contribution in [0, 0.1) is 0 Å². The number of aromatic nitrogens is 2. The van der Waals surface area contributed by atoms with E-state index in [1.54, 1.807) is 30.3 Å². The van der Waals surface area contributed by atoms with E-state index in [4.69, 9.17) is 33.2 Å². The molecule has 6 rings (SSSR count). The Kier molecular flexibility index (Phi) is 17.4. The molecule has 2 aromatic heterocycles. The van der Waals surface area contributed by atoms with Crippen molar-refractivity contribution in [2.45, 2.75) is 96.5 Å². The first-order chi connectivity index (χ1) is 33.3. The number of rotatable bonds is 20. The van der Waals surface area contributed by atoms with Gasteiger partial charge in [-0.3, -0.25) is 43.3 Å². The Labute approximate surface area is 404 Å². The molecule has 3 aromatic rings. The Morgan fingerprint density at radius 2 is 1.50 bits per heavy atom. The van der Waals surface area contributed by atoms with Crippen molar-refractivity contribution in [3.63, 3.8) is 0 Å². The molecule has 70 heavy (non-hydrogen) atoms. The molecule has 4 amide bonds. The molecule has 6 atom stereocenters. The van der Waals surface area contributed by atoms with Crippen LogP contribution >= 0.6 is 0 Å². The third kappa shape index (κ3) is 13.1. The number of carbonyl (C=O) groups excluding carboxylic acids is 8. The number of hydrogen-bond donors (Lipinski definition) is 3. The number of carbonyl (C=O) groups is 8. The highest BCUT2D eigenvalue weighted by Gasteiger charge is 2.53. The third-order valence-electron chi connectivity index (χ3n) is 11.4. The summed E-state index contributed by atoms with van der Waals surface area (Å²) in [5.74, 6) is -4.43. The molecule has 23 nitrogen and oxygen atoms in total. The number of anilines is 2. The predicted molar refractivity (Wildman–Crippen MR) is 249 cm³/mol. The highest BCUT2D eigenvalue weighted by molar-refractivity contribution is 6.06. The first kappa shape index (κ1) is 52.1. The molecule has 0 unspecified atom stereocenters. The molecule has 3 aliphatic rings. The second-order valence-corrected chi connectivity index (χ2v) is 17.2. The quantitative estimate of drug-likeness (QED) is 0.0834. The number of aryl methyl sites for hydroxylation is 1. The van der Waals surface area contributed by atoms with Gasteiger partial charge < -0.3 is 68.0 Å². The number of aliphatic imine (C=N–C) groups is 1. The van der Waals surface area contributed by atoms with E-state index in [9.17, 15) is 38.4 Å². The lowest BCUT2D eigenvalue weighted by atomic mass is 9.97. The zero-order valence-corrected chi connectivity index (χ0v) is 40.4. The van der Waals surface area contributed by atoms with Gasteiger partial charge in [-0.15, -0.1) is 0 Å². The number of methoxy groups -OCH3 is 1. The molecular weight excluding hydrogens is 917 g/mol. The number of esters is 4. The molecule has 3 N–H and O–H groups in total. The van der Waals surface area contributed by atoms with Crippen LogP contribution in [0.2, 0.25) is 0 Å². The minimum atomic E-state index is -1.61. The Morgan fingerprint density at radius 1 is 0.814 bits per heavy atom. The smallest absolute Gasteiger partial charge is 0.303 e. The highest BCUT2D eigenvalue weighted by atomic mass is 16.7. The number of nitrogens with one attached hydrogen (secondary N) is 3. The van der Waals surface area contributed by atoms with Crippen molar-refractivity contribution < 1.29 is 71.5 Å². The molecule has 0 aliphatic carbocycles. The van der Waals surface area contributed by atoms with E-state index in [-0.39, 0.29) is 60.1 Å². The van der Waals surface area contributed by atoms with Gasteiger partial charge in [0.05, 0.1) is 42.4 Å². The zero-order valence-electron chi connectivity index (χ0n) is 40.4. The zero-order chi connectivity index (χ0) is 50.8. The molecule has 0 spiro atoms. The molecule has 3 aliphatic heterocycles. The van der Waals surface area contributed by atoms with Crippen LogP contribution in [0.5, 0.6) is 11.5 Å². The summed E-state index contributed by atoms with van der Waals surface area (Å²) in [6.45, 7) is 5.72. The lowest BCUT2D eigenvalue weighted by Gasteiger charge is -2.45. The van der Waals surface area contributed by atoms with Gasteiger partial charge in [-0.25, -0.2) is 0 Å². The SMILES string of the molecule is COc1cc2c(cc1OCCCC(=O)Nc1cc(C(=O)Nc3cc(C(=O)NCCCN(C)C)n(C)c3)n([C@H]3O[C@H](COC(C)=O)[C@@H](OC(C)=O)[C@@H](OC(C)=O)[C@H]3OC(C)=O)c1)N=C[C@H]1CCCN1C2=O. The molecular formula is C47H60N8O15. The van der Waals surface area contributed by atoms with E-state index in [1.165, 1.54) is 40.8 Å². The molecule has 2 fully saturated rings. The van der Waals surface area contributed by atoms with Crippen molar-refractivity contribution in [1.82, 2.24) is 24.3 Å². The maximum atomic E-state index is 14.4. The van der Waals surface area contributed by atoms with Gasteiger partial charge in [0.25, 0.3) is 17.7 Å². The van der Waals surface area contributed by atoms with Crippen LogP contribution in [-0.2, 0) is 54.7 Å². The van der Waals surface area contributed by atoms with Crippen LogP contribution in [0.4, 0.5) is 17.1 Å². The Bertz CT molecular complexity index is 2500. The van der Waals surface area contributed by atoms with Crippen molar-refractivity contribution in [1.29, 1.82) is 0 Å². The monoisotopic (exact) mass is 976 g/mol. The number of fused-ring (bicyclic) bond motifs is 2. The van der Waals surface area contributed by atoms with Crippen molar-refractivity contribution in [2.75, 3.05) is 64.7 Å². The van der Waals surface area contributed by atoms with E-state index in [1.807, 2.05) is 19.0 Å². The molecule has 0 bridgehead atoms. The summed E-state index contributed by atoms with van der Waals surface area (Å²) in [7, 11) is 6.94. The minimum Gasteiger partial charge on any atom is -0.493 e. The topological polar surface area (TPSA) is 266 Å². The largest absolute Gasteiger partial charge is 0.493 e. The standard InChI is InChI=1S/C47H60N8O15/c1-26(56)66-25-39-41(67-27(2)57)42(68-28(3)58)43(69-29(4)59)47(70-39)55-24-31(19-36(55)45(62)51-30-18-35(53(7)23-30)44(61)48-14-11-15-52(5)6)50-40(60)13-10-17-65-38-21-34-33(20-37(38)64-8)46(63)54-16-9-12-32(54)22-49-34/h18-24,32,39,41-43,47H,9-17,25H2,1-8H3,(H,48,61)(H,50,60)(H,51,62)/t32-,39-,41-,42-,43-,47+/m1/s1. The lowest BCUT2D eigenvalue weighted by molar-refractivity contribution is -0.268. The van der Waals surface area contributed by atoms with Crippen LogP contribution in [0.15, 0.2) is 41.7 Å². The van der Waals surface area contributed by atoms with Crippen LogP contribution in [0.3, 0.4) is 0 Å². The third-order valence-corrected chi connectivity index (χ3v) is 11.4. The summed E-state index contributed by atoms with van der Waals surface area (Å²) in [5, 5.41) is 8.40. The van der Waals surface area contributed by atoms with Crippen molar-refractivity contribution in [3.05, 3.63) is 53.6 Å². The maximum Gasteiger partial charge on any atom is 0.303 e.